The third-order valence-corrected chi connectivity index (χ3v) is 2.80. The summed E-state index contributed by atoms with van der Waals surface area (Å²) >= 11 is 0. The van der Waals surface area contributed by atoms with Gasteiger partial charge < -0.3 is 21.2 Å². The average Bonchev–Trinajstić information content (AvgIpc) is 2.37. The van der Waals surface area contributed by atoms with E-state index in [0.29, 0.717) is 17.6 Å². The van der Waals surface area contributed by atoms with Crippen molar-refractivity contribution < 1.29 is 4.74 Å². The first-order valence-corrected chi connectivity index (χ1v) is 5.70. The number of rotatable bonds is 4. The number of nitrogens with zero attached hydrogens (tertiary/aromatic N) is 2. The van der Waals surface area contributed by atoms with E-state index in [1.807, 2.05) is 0 Å². The quantitative estimate of drug-likeness (QED) is 0.437. The third-order valence-electron chi connectivity index (χ3n) is 2.80. The van der Waals surface area contributed by atoms with Crippen LogP contribution in [0.15, 0.2) is 6.07 Å². The molecule has 1 aromatic heterocycles. The molecule has 0 aromatic carbocycles. The number of nitrogens with one attached hydrogen (secondary N) is 2. The van der Waals surface area contributed by atoms with E-state index in [1.54, 1.807) is 6.07 Å². The third kappa shape index (κ3) is 3.43. The highest BCUT2D eigenvalue weighted by molar-refractivity contribution is 5.50. The molecule has 0 aliphatic carbocycles. The summed E-state index contributed by atoms with van der Waals surface area (Å²) in [4.78, 5) is 8.01. The van der Waals surface area contributed by atoms with Gasteiger partial charge in [0.05, 0.1) is 0 Å². The van der Waals surface area contributed by atoms with Gasteiger partial charge in [0.2, 0.25) is 5.95 Å². The van der Waals surface area contributed by atoms with Gasteiger partial charge in [-0.15, -0.1) is 0 Å². The number of anilines is 3. The molecule has 0 bridgehead atoms. The Bertz CT molecular complexity index is 366. The Labute approximate surface area is 99.9 Å². The standard InChI is InChI=1S/C10H18N6O/c11-10-14-8(5-9(15-10)16-12)13-6-7-1-3-17-4-2-7/h5,7H,1-4,6,12H2,(H4,11,13,14,15,16). The molecule has 0 radical (unpaired) electrons. The summed E-state index contributed by atoms with van der Waals surface area (Å²) in [5.41, 5.74) is 8.02. The molecule has 2 heterocycles. The molecule has 1 aliphatic heterocycles. The van der Waals surface area contributed by atoms with Crippen LogP contribution in [-0.2, 0) is 4.74 Å². The number of hydrogen-bond donors (Lipinski definition) is 4. The molecule has 0 unspecified atom stereocenters. The number of hydrazine groups is 1. The van der Waals surface area contributed by atoms with Gasteiger partial charge in [0.25, 0.3) is 0 Å². The topological polar surface area (TPSA) is 111 Å². The highest BCUT2D eigenvalue weighted by Crippen LogP contribution is 2.17. The van der Waals surface area contributed by atoms with E-state index in [9.17, 15) is 0 Å². The normalized spacial score (nSPS) is 16.8. The maximum absolute atomic E-state index is 5.57. The van der Waals surface area contributed by atoms with Gasteiger partial charge in [-0.25, -0.2) is 5.84 Å². The Balaban J connectivity index is 1.91. The molecule has 0 saturated carbocycles. The highest BCUT2D eigenvalue weighted by Gasteiger charge is 2.13. The smallest absolute Gasteiger partial charge is 0.223 e. The molecule has 7 heteroatoms. The van der Waals surface area contributed by atoms with Crippen molar-refractivity contribution in [3.63, 3.8) is 0 Å². The first-order valence-electron chi connectivity index (χ1n) is 5.70. The van der Waals surface area contributed by atoms with Crippen molar-refractivity contribution in [1.82, 2.24) is 9.97 Å². The number of hydrogen-bond acceptors (Lipinski definition) is 7. The molecule has 94 valence electrons. The number of nitrogen functional groups attached to an aromatic ring is 2. The summed E-state index contributed by atoms with van der Waals surface area (Å²) in [5.74, 6) is 7.31. The van der Waals surface area contributed by atoms with E-state index in [0.717, 1.165) is 32.6 Å². The van der Waals surface area contributed by atoms with Crippen molar-refractivity contribution in [3.05, 3.63) is 6.07 Å². The highest BCUT2D eigenvalue weighted by atomic mass is 16.5. The van der Waals surface area contributed by atoms with Crippen LogP contribution in [-0.4, -0.2) is 29.7 Å². The second-order valence-corrected chi connectivity index (χ2v) is 4.08. The van der Waals surface area contributed by atoms with Crippen LogP contribution in [0.1, 0.15) is 12.8 Å². The van der Waals surface area contributed by atoms with Gasteiger partial charge in [0.15, 0.2) is 0 Å². The first kappa shape index (κ1) is 11.9. The monoisotopic (exact) mass is 238 g/mol. The lowest BCUT2D eigenvalue weighted by molar-refractivity contribution is 0.0699. The molecule has 6 N–H and O–H groups in total. The molecule has 1 aliphatic rings. The van der Waals surface area contributed by atoms with Gasteiger partial charge in [-0.2, -0.15) is 9.97 Å². The van der Waals surface area contributed by atoms with Crippen LogP contribution in [0.25, 0.3) is 0 Å². The maximum atomic E-state index is 5.57. The largest absolute Gasteiger partial charge is 0.381 e. The average molecular weight is 238 g/mol. The van der Waals surface area contributed by atoms with E-state index in [4.69, 9.17) is 16.3 Å². The van der Waals surface area contributed by atoms with Crippen molar-refractivity contribution >= 4 is 17.6 Å². The Kier molecular flexibility index (Phi) is 3.94. The number of ether oxygens (including phenoxy) is 1. The molecule has 17 heavy (non-hydrogen) atoms. The first-order chi connectivity index (χ1) is 8.28. The Morgan fingerprint density at radius 2 is 2.00 bits per heavy atom. The van der Waals surface area contributed by atoms with Crippen molar-refractivity contribution in [3.8, 4) is 0 Å². The predicted octanol–water partition coefficient (Wildman–Crippen LogP) is 0.183. The minimum atomic E-state index is 0.204. The zero-order valence-electron chi connectivity index (χ0n) is 9.65. The van der Waals surface area contributed by atoms with Crippen LogP contribution >= 0.6 is 0 Å². The van der Waals surface area contributed by atoms with Gasteiger partial charge in [0, 0.05) is 25.8 Å². The fourth-order valence-corrected chi connectivity index (χ4v) is 1.83. The second-order valence-electron chi connectivity index (χ2n) is 4.08. The lowest BCUT2D eigenvalue weighted by Crippen LogP contribution is -2.23. The predicted molar refractivity (Wildman–Crippen MR) is 66.3 cm³/mol. The van der Waals surface area contributed by atoms with Gasteiger partial charge in [-0.3, -0.25) is 0 Å². The lowest BCUT2D eigenvalue weighted by Gasteiger charge is -2.22. The molecule has 0 spiro atoms. The summed E-state index contributed by atoms with van der Waals surface area (Å²) < 4.78 is 5.31. The van der Waals surface area contributed by atoms with Crippen LogP contribution < -0.4 is 22.3 Å². The molecule has 1 saturated heterocycles. The zero-order valence-corrected chi connectivity index (χ0v) is 9.65. The van der Waals surface area contributed by atoms with E-state index in [2.05, 4.69) is 20.7 Å². The SMILES string of the molecule is NNc1cc(NCC2CCOCC2)nc(N)n1. The molecule has 7 nitrogen and oxygen atoms in total. The Morgan fingerprint density at radius 1 is 1.29 bits per heavy atom. The molecule has 1 aromatic rings. The minimum Gasteiger partial charge on any atom is -0.381 e. The van der Waals surface area contributed by atoms with Crippen LogP contribution in [0.4, 0.5) is 17.6 Å². The van der Waals surface area contributed by atoms with E-state index in [1.165, 1.54) is 0 Å². The molecule has 0 amide bonds. The second kappa shape index (κ2) is 5.65. The van der Waals surface area contributed by atoms with Crippen molar-refractivity contribution in [2.24, 2.45) is 11.8 Å². The minimum absolute atomic E-state index is 0.204. The molecular formula is C10H18N6O. The van der Waals surface area contributed by atoms with Gasteiger partial charge >= 0.3 is 0 Å². The van der Waals surface area contributed by atoms with E-state index >= 15 is 0 Å². The van der Waals surface area contributed by atoms with Crippen molar-refractivity contribution in [2.45, 2.75) is 12.8 Å². The summed E-state index contributed by atoms with van der Waals surface area (Å²) in [7, 11) is 0. The summed E-state index contributed by atoms with van der Waals surface area (Å²) in [6.45, 7) is 2.55. The van der Waals surface area contributed by atoms with Crippen molar-refractivity contribution in [2.75, 3.05) is 36.2 Å². The summed E-state index contributed by atoms with van der Waals surface area (Å²) in [6.07, 6.45) is 2.16. The molecule has 0 atom stereocenters. The lowest BCUT2D eigenvalue weighted by atomic mass is 10.0. The van der Waals surface area contributed by atoms with E-state index < -0.39 is 0 Å². The molecule has 2 rings (SSSR count). The van der Waals surface area contributed by atoms with Gasteiger partial charge in [-0.05, 0) is 18.8 Å². The number of aromatic nitrogens is 2. The fourth-order valence-electron chi connectivity index (χ4n) is 1.83. The summed E-state index contributed by atoms with van der Waals surface area (Å²) in [5, 5.41) is 3.25. The molecule has 1 fully saturated rings. The Morgan fingerprint density at radius 3 is 2.71 bits per heavy atom. The van der Waals surface area contributed by atoms with E-state index in [-0.39, 0.29) is 5.95 Å². The fraction of sp³-hybridized carbons (Fsp3) is 0.600. The van der Waals surface area contributed by atoms with Crippen LogP contribution in [0.2, 0.25) is 0 Å². The maximum Gasteiger partial charge on any atom is 0.223 e. The van der Waals surface area contributed by atoms with Gasteiger partial charge in [-0.1, -0.05) is 0 Å². The van der Waals surface area contributed by atoms with Crippen LogP contribution in [0, 0.1) is 5.92 Å². The van der Waals surface area contributed by atoms with Gasteiger partial charge in [0.1, 0.15) is 11.6 Å². The van der Waals surface area contributed by atoms with Crippen molar-refractivity contribution in [1.29, 1.82) is 0 Å². The van der Waals surface area contributed by atoms with Crippen LogP contribution in [0.3, 0.4) is 0 Å². The molecular weight excluding hydrogens is 220 g/mol. The zero-order chi connectivity index (χ0) is 12.1. The summed E-state index contributed by atoms with van der Waals surface area (Å²) in [6, 6.07) is 1.73. The Hall–Kier alpha value is -1.60. The number of nitrogens with two attached hydrogens (primary N) is 2. The van der Waals surface area contributed by atoms with Crippen LogP contribution in [0.5, 0.6) is 0 Å².